The molecule has 0 saturated heterocycles. The molecule has 0 aliphatic carbocycles. The highest BCUT2D eigenvalue weighted by atomic mass is 32.1. The lowest BCUT2D eigenvalue weighted by molar-refractivity contribution is -0.125. The second-order valence-corrected chi connectivity index (χ2v) is 7.05. The molecule has 0 saturated carbocycles. The minimum absolute atomic E-state index is 0.129. The fourth-order valence-corrected chi connectivity index (χ4v) is 3.50. The molecule has 1 atom stereocenters. The maximum absolute atomic E-state index is 13.1. The first-order valence-electron chi connectivity index (χ1n) is 8.45. The zero-order valence-corrected chi connectivity index (χ0v) is 15.9. The largest absolute Gasteiger partial charge is 0.354 e. The van der Waals surface area contributed by atoms with Crippen molar-refractivity contribution in [3.8, 4) is 10.7 Å². The molecule has 140 valence electrons. The van der Waals surface area contributed by atoms with Crippen LogP contribution in [0.2, 0.25) is 0 Å². The molecule has 1 unspecified atom stereocenters. The van der Waals surface area contributed by atoms with E-state index in [0.29, 0.717) is 13.0 Å². The third-order valence-electron chi connectivity index (χ3n) is 3.96. The molecule has 3 aromatic rings. The van der Waals surface area contributed by atoms with Crippen molar-refractivity contribution in [3.05, 3.63) is 65.3 Å². The molecule has 0 aliphatic rings. The van der Waals surface area contributed by atoms with Crippen molar-refractivity contribution in [2.45, 2.75) is 12.5 Å². The summed E-state index contributed by atoms with van der Waals surface area (Å²) in [5.74, 6) is -0.449. The molecule has 0 fully saturated rings. The van der Waals surface area contributed by atoms with Crippen molar-refractivity contribution in [3.63, 3.8) is 0 Å². The van der Waals surface area contributed by atoms with E-state index in [1.165, 1.54) is 23.5 Å². The van der Waals surface area contributed by atoms with Gasteiger partial charge in [-0.15, -0.1) is 11.3 Å². The summed E-state index contributed by atoms with van der Waals surface area (Å²) in [6.07, 6.45) is 5.55. The van der Waals surface area contributed by atoms with E-state index in [1.54, 1.807) is 35.6 Å². The number of benzene rings is 1. The van der Waals surface area contributed by atoms with Crippen LogP contribution in [0, 0.1) is 5.82 Å². The number of carbonyl (C=O) groups is 1. The highest BCUT2D eigenvalue weighted by molar-refractivity contribution is 7.13. The van der Waals surface area contributed by atoms with E-state index in [9.17, 15) is 9.18 Å². The van der Waals surface area contributed by atoms with Crippen molar-refractivity contribution in [2.24, 2.45) is 0 Å². The maximum atomic E-state index is 13.1. The summed E-state index contributed by atoms with van der Waals surface area (Å²) < 4.78 is 13.1. The van der Waals surface area contributed by atoms with Crippen LogP contribution in [0.4, 0.5) is 4.39 Å². The van der Waals surface area contributed by atoms with Crippen LogP contribution in [0.5, 0.6) is 0 Å². The van der Waals surface area contributed by atoms with Gasteiger partial charge in [-0.1, -0.05) is 12.1 Å². The first-order chi connectivity index (χ1) is 13.0. The molecule has 6 nitrogen and oxygen atoms in total. The molecule has 2 aromatic heterocycles. The Morgan fingerprint density at radius 2 is 2.04 bits per heavy atom. The molecule has 0 bridgehead atoms. The summed E-state index contributed by atoms with van der Waals surface area (Å²) in [6, 6.07) is 5.52. The molecular weight excluding hydrogens is 365 g/mol. The Bertz CT molecular complexity index is 883. The van der Waals surface area contributed by atoms with Gasteiger partial charge in [0, 0.05) is 30.7 Å². The summed E-state index contributed by atoms with van der Waals surface area (Å²) in [5.41, 5.74) is 2.38. The number of likely N-dealkylation sites (N-methyl/N-ethyl adjacent to an activating group) is 1. The van der Waals surface area contributed by atoms with E-state index in [1.807, 2.05) is 19.5 Å². The molecule has 1 N–H and O–H groups in total. The zero-order valence-electron chi connectivity index (χ0n) is 15.1. The summed E-state index contributed by atoms with van der Waals surface area (Å²) >= 11 is 1.50. The van der Waals surface area contributed by atoms with E-state index < -0.39 is 6.04 Å². The predicted molar refractivity (Wildman–Crippen MR) is 103 cm³/mol. The average Bonchev–Trinajstić information content (AvgIpc) is 3.13. The Balaban J connectivity index is 1.58. The molecule has 0 radical (unpaired) electrons. The molecular formula is C19H20FN5OS. The van der Waals surface area contributed by atoms with Crippen LogP contribution in [0.25, 0.3) is 10.7 Å². The summed E-state index contributed by atoms with van der Waals surface area (Å²) in [4.78, 5) is 27.2. The van der Waals surface area contributed by atoms with Gasteiger partial charge >= 0.3 is 0 Å². The van der Waals surface area contributed by atoms with Gasteiger partial charge < -0.3 is 5.32 Å². The van der Waals surface area contributed by atoms with Gasteiger partial charge in [0.05, 0.1) is 11.9 Å². The lowest BCUT2D eigenvalue weighted by atomic mass is 10.1. The van der Waals surface area contributed by atoms with E-state index in [4.69, 9.17) is 0 Å². The van der Waals surface area contributed by atoms with Gasteiger partial charge in [0.25, 0.3) is 0 Å². The fourth-order valence-electron chi connectivity index (χ4n) is 2.69. The summed E-state index contributed by atoms with van der Waals surface area (Å²) in [5, 5.41) is 5.70. The van der Waals surface area contributed by atoms with Gasteiger partial charge in [-0.3, -0.25) is 19.7 Å². The van der Waals surface area contributed by atoms with Gasteiger partial charge in [-0.05, 0) is 31.8 Å². The van der Waals surface area contributed by atoms with E-state index in [2.05, 4.69) is 20.3 Å². The second-order valence-electron chi connectivity index (χ2n) is 6.19. The number of hydrogen-bond donors (Lipinski definition) is 1. The number of hydrogen-bond acceptors (Lipinski definition) is 6. The molecule has 2 heterocycles. The van der Waals surface area contributed by atoms with Crippen LogP contribution in [0.1, 0.15) is 17.3 Å². The third-order valence-corrected chi connectivity index (χ3v) is 4.88. The van der Waals surface area contributed by atoms with Crippen molar-refractivity contribution < 1.29 is 9.18 Å². The normalized spacial score (nSPS) is 12.1. The van der Waals surface area contributed by atoms with Crippen molar-refractivity contribution >= 4 is 17.2 Å². The number of amides is 1. The Hall–Kier alpha value is -2.71. The Kier molecular flexibility index (Phi) is 6.20. The van der Waals surface area contributed by atoms with Crippen LogP contribution >= 0.6 is 11.3 Å². The molecule has 0 aliphatic heterocycles. The molecule has 0 spiro atoms. The molecule has 3 rings (SSSR count). The van der Waals surface area contributed by atoms with Crippen LogP contribution in [-0.2, 0) is 11.2 Å². The standard InChI is InChI=1S/C19H20FN5OS/c1-25(2)17(13-3-5-14(20)6-4-13)18(26)23-8-7-15-12-27-19(24-15)16-11-21-9-10-22-16/h3-6,9-12,17H,7-8H2,1-2H3,(H,23,26). The lowest BCUT2D eigenvalue weighted by Gasteiger charge is -2.23. The molecule has 1 aromatic carbocycles. The van der Waals surface area contributed by atoms with Crippen LogP contribution in [0.3, 0.4) is 0 Å². The summed E-state index contributed by atoms with van der Waals surface area (Å²) in [6.45, 7) is 0.466. The molecule has 1 amide bonds. The number of rotatable bonds is 7. The third kappa shape index (κ3) is 4.93. The van der Waals surface area contributed by atoms with Crippen molar-refractivity contribution in [1.82, 2.24) is 25.2 Å². The monoisotopic (exact) mass is 385 g/mol. The second kappa shape index (κ2) is 8.79. The first-order valence-corrected chi connectivity index (χ1v) is 9.33. The van der Waals surface area contributed by atoms with Crippen molar-refractivity contribution in [2.75, 3.05) is 20.6 Å². The number of carbonyl (C=O) groups excluding carboxylic acids is 1. The van der Waals surface area contributed by atoms with E-state index in [-0.39, 0.29) is 11.7 Å². The smallest absolute Gasteiger partial charge is 0.241 e. The maximum Gasteiger partial charge on any atom is 0.241 e. The number of nitrogens with one attached hydrogen (secondary N) is 1. The molecule has 27 heavy (non-hydrogen) atoms. The van der Waals surface area contributed by atoms with Gasteiger partial charge in [0.15, 0.2) is 0 Å². The Morgan fingerprint density at radius 3 is 2.70 bits per heavy atom. The van der Waals surface area contributed by atoms with Gasteiger partial charge in [0.1, 0.15) is 22.6 Å². The number of nitrogens with zero attached hydrogens (tertiary/aromatic N) is 4. The van der Waals surface area contributed by atoms with E-state index >= 15 is 0 Å². The van der Waals surface area contributed by atoms with Crippen LogP contribution < -0.4 is 5.32 Å². The first kappa shape index (κ1) is 19.1. The number of aromatic nitrogens is 3. The highest BCUT2D eigenvalue weighted by Crippen LogP contribution is 2.21. The topological polar surface area (TPSA) is 71.0 Å². The van der Waals surface area contributed by atoms with Gasteiger partial charge in [0.2, 0.25) is 5.91 Å². The minimum atomic E-state index is -0.476. The highest BCUT2D eigenvalue weighted by Gasteiger charge is 2.22. The average molecular weight is 385 g/mol. The fraction of sp³-hybridized carbons (Fsp3) is 0.263. The van der Waals surface area contributed by atoms with Crippen LogP contribution in [-0.4, -0.2) is 46.4 Å². The van der Waals surface area contributed by atoms with Gasteiger partial charge in [-0.25, -0.2) is 9.37 Å². The van der Waals surface area contributed by atoms with Crippen molar-refractivity contribution in [1.29, 1.82) is 0 Å². The SMILES string of the molecule is CN(C)C(C(=O)NCCc1csc(-c2cnccn2)n1)c1ccc(F)cc1. The zero-order chi connectivity index (χ0) is 19.2. The Labute approximate surface area is 161 Å². The predicted octanol–water partition coefficient (Wildman–Crippen LogP) is 2.70. The summed E-state index contributed by atoms with van der Waals surface area (Å²) in [7, 11) is 3.64. The number of halogens is 1. The van der Waals surface area contributed by atoms with Gasteiger partial charge in [-0.2, -0.15) is 0 Å². The minimum Gasteiger partial charge on any atom is -0.354 e. The Morgan fingerprint density at radius 1 is 1.26 bits per heavy atom. The molecule has 8 heteroatoms. The van der Waals surface area contributed by atoms with E-state index in [0.717, 1.165) is 22.0 Å². The lowest BCUT2D eigenvalue weighted by Crippen LogP contribution is -2.37. The van der Waals surface area contributed by atoms with Crippen LogP contribution in [0.15, 0.2) is 48.2 Å². The quantitative estimate of drug-likeness (QED) is 0.677. The number of thiazole rings is 1.